The molecule has 0 fully saturated rings. The maximum absolute atomic E-state index is 4.41. The van der Waals surface area contributed by atoms with Crippen molar-refractivity contribution in [3.63, 3.8) is 0 Å². The summed E-state index contributed by atoms with van der Waals surface area (Å²) in [6.07, 6.45) is 8.13. The van der Waals surface area contributed by atoms with Crippen LogP contribution in [0.25, 0.3) is 0 Å². The zero-order chi connectivity index (χ0) is 10.9. The monoisotopic (exact) mass is 204 g/mol. The SMILES string of the molecule is CC1=CCCC(C)(n2cc(C)nn2)C=N1. The second-order valence-corrected chi connectivity index (χ2v) is 4.30. The third kappa shape index (κ3) is 1.98. The molecule has 0 radical (unpaired) electrons. The molecule has 0 N–H and O–H groups in total. The van der Waals surface area contributed by atoms with Crippen LogP contribution in [0.4, 0.5) is 0 Å². The third-order valence-corrected chi connectivity index (χ3v) is 2.77. The standard InChI is InChI=1S/C11H16N4/c1-9-5-4-6-11(3,8-12-9)15-7-10(2)13-14-15/h5,7-8H,4,6H2,1-3H3. The molecule has 1 aliphatic rings. The van der Waals surface area contributed by atoms with Gasteiger partial charge in [0, 0.05) is 18.1 Å². The van der Waals surface area contributed by atoms with Gasteiger partial charge in [0.05, 0.1) is 11.2 Å². The number of nitrogens with zero attached hydrogens (tertiary/aromatic N) is 4. The Morgan fingerprint density at radius 2 is 2.20 bits per heavy atom. The van der Waals surface area contributed by atoms with Crippen LogP contribution in [0.15, 0.2) is 23.0 Å². The van der Waals surface area contributed by atoms with Crippen molar-refractivity contribution >= 4 is 6.21 Å². The molecule has 0 amide bonds. The lowest BCUT2D eigenvalue weighted by Crippen LogP contribution is -2.32. The molecular formula is C11H16N4. The molecule has 0 spiro atoms. The van der Waals surface area contributed by atoms with E-state index in [1.165, 1.54) is 0 Å². The van der Waals surface area contributed by atoms with E-state index in [1.807, 2.05) is 30.9 Å². The van der Waals surface area contributed by atoms with Gasteiger partial charge in [0.25, 0.3) is 0 Å². The number of aryl methyl sites for hydroxylation is 1. The van der Waals surface area contributed by atoms with Crippen molar-refractivity contribution in [2.45, 2.75) is 39.2 Å². The van der Waals surface area contributed by atoms with Gasteiger partial charge in [-0.05, 0) is 33.6 Å². The van der Waals surface area contributed by atoms with Gasteiger partial charge in [-0.15, -0.1) is 5.10 Å². The Morgan fingerprint density at radius 1 is 1.40 bits per heavy atom. The van der Waals surface area contributed by atoms with E-state index in [-0.39, 0.29) is 5.54 Å². The molecule has 4 nitrogen and oxygen atoms in total. The minimum atomic E-state index is -0.143. The quantitative estimate of drug-likeness (QED) is 0.702. The van der Waals surface area contributed by atoms with E-state index in [2.05, 4.69) is 28.3 Å². The average molecular weight is 204 g/mol. The Hall–Kier alpha value is -1.45. The zero-order valence-electron chi connectivity index (χ0n) is 9.44. The van der Waals surface area contributed by atoms with E-state index in [9.17, 15) is 0 Å². The Kier molecular flexibility index (Phi) is 2.42. The lowest BCUT2D eigenvalue weighted by atomic mass is 9.98. The Labute approximate surface area is 89.7 Å². The maximum Gasteiger partial charge on any atom is 0.0969 e. The molecule has 2 heterocycles. The lowest BCUT2D eigenvalue weighted by Gasteiger charge is -2.23. The third-order valence-electron chi connectivity index (χ3n) is 2.77. The molecule has 0 aromatic carbocycles. The van der Waals surface area contributed by atoms with Crippen LogP contribution >= 0.6 is 0 Å². The number of hydrogen-bond donors (Lipinski definition) is 0. The van der Waals surface area contributed by atoms with Crippen LogP contribution in [-0.2, 0) is 5.54 Å². The highest BCUT2D eigenvalue weighted by molar-refractivity contribution is 5.69. The Balaban J connectivity index is 2.31. The van der Waals surface area contributed by atoms with Crippen LogP contribution in [-0.4, -0.2) is 21.2 Å². The molecule has 2 rings (SSSR count). The summed E-state index contributed by atoms with van der Waals surface area (Å²) in [6.45, 7) is 6.11. The first-order valence-corrected chi connectivity index (χ1v) is 5.22. The molecule has 0 saturated carbocycles. The minimum absolute atomic E-state index is 0.143. The summed E-state index contributed by atoms with van der Waals surface area (Å²) in [4.78, 5) is 4.41. The van der Waals surface area contributed by atoms with Gasteiger partial charge >= 0.3 is 0 Å². The molecule has 0 bridgehead atoms. The second-order valence-electron chi connectivity index (χ2n) is 4.30. The number of hydrogen-bond acceptors (Lipinski definition) is 3. The first-order chi connectivity index (χ1) is 7.10. The minimum Gasteiger partial charge on any atom is -0.264 e. The van der Waals surface area contributed by atoms with Crippen LogP contribution in [0.5, 0.6) is 0 Å². The highest BCUT2D eigenvalue weighted by atomic mass is 15.4. The van der Waals surface area contributed by atoms with Crippen molar-refractivity contribution < 1.29 is 0 Å². The predicted molar refractivity (Wildman–Crippen MR) is 59.9 cm³/mol. The molecule has 1 aromatic rings. The fourth-order valence-electron chi connectivity index (χ4n) is 1.70. The molecular weight excluding hydrogens is 188 g/mol. The zero-order valence-corrected chi connectivity index (χ0v) is 9.44. The number of rotatable bonds is 1. The van der Waals surface area contributed by atoms with Crippen molar-refractivity contribution in [3.8, 4) is 0 Å². The first kappa shape index (κ1) is 10.1. The maximum atomic E-state index is 4.41. The normalized spacial score (nSPS) is 26.2. The van der Waals surface area contributed by atoms with Gasteiger partial charge in [-0.25, -0.2) is 4.68 Å². The van der Waals surface area contributed by atoms with Crippen molar-refractivity contribution in [3.05, 3.63) is 23.7 Å². The highest BCUT2D eigenvalue weighted by Crippen LogP contribution is 2.23. The second kappa shape index (κ2) is 3.61. The van der Waals surface area contributed by atoms with Crippen LogP contribution in [0, 0.1) is 6.92 Å². The summed E-state index contributed by atoms with van der Waals surface area (Å²) in [6, 6.07) is 0. The van der Waals surface area contributed by atoms with Crippen molar-refractivity contribution in [1.29, 1.82) is 0 Å². The van der Waals surface area contributed by atoms with Crippen LogP contribution in [0.1, 0.15) is 32.4 Å². The highest BCUT2D eigenvalue weighted by Gasteiger charge is 2.26. The van der Waals surface area contributed by atoms with Gasteiger partial charge in [-0.1, -0.05) is 11.3 Å². The summed E-state index contributed by atoms with van der Waals surface area (Å²) >= 11 is 0. The molecule has 1 unspecified atom stereocenters. The van der Waals surface area contributed by atoms with Crippen LogP contribution < -0.4 is 0 Å². The molecule has 15 heavy (non-hydrogen) atoms. The van der Waals surface area contributed by atoms with Crippen molar-refractivity contribution in [1.82, 2.24) is 15.0 Å². The van der Waals surface area contributed by atoms with E-state index >= 15 is 0 Å². The molecule has 1 aliphatic heterocycles. The van der Waals surface area contributed by atoms with Crippen molar-refractivity contribution in [2.24, 2.45) is 4.99 Å². The van der Waals surface area contributed by atoms with E-state index < -0.39 is 0 Å². The van der Waals surface area contributed by atoms with Gasteiger partial charge in [0.1, 0.15) is 0 Å². The van der Waals surface area contributed by atoms with Gasteiger partial charge in [0.2, 0.25) is 0 Å². The summed E-state index contributed by atoms with van der Waals surface area (Å²) in [5.74, 6) is 0. The van der Waals surface area contributed by atoms with Crippen LogP contribution in [0.3, 0.4) is 0 Å². The average Bonchev–Trinajstić information content (AvgIpc) is 2.55. The number of allylic oxidation sites excluding steroid dienone is 2. The fourth-order valence-corrected chi connectivity index (χ4v) is 1.70. The summed E-state index contributed by atoms with van der Waals surface area (Å²) in [7, 11) is 0. The lowest BCUT2D eigenvalue weighted by molar-refractivity contribution is 0.375. The summed E-state index contributed by atoms with van der Waals surface area (Å²) in [5.41, 5.74) is 1.88. The Morgan fingerprint density at radius 3 is 2.87 bits per heavy atom. The van der Waals surface area contributed by atoms with Gasteiger partial charge in [0.15, 0.2) is 0 Å². The smallest absolute Gasteiger partial charge is 0.0969 e. The largest absolute Gasteiger partial charge is 0.264 e. The van der Waals surface area contributed by atoms with E-state index in [4.69, 9.17) is 0 Å². The summed E-state index contributed by atoms with van der Waals surface area (Å²) < 4.78 is 1.90. The molecule has 1 atom stereocenters. The van der Waals surface area contributed by atoms with Gasteiger partial charge in [-0.3, -0.25) is 4.99 Å². The first-order valence-electron chi connectivity index (χ1n) is 5.22. The molecule has 1 aromatic heterocycles. The van der Waals surface area contributed by atoms with Gasteiger partial charge in [-0.2, -0.15) is 0 Å². The predicted octanol–water partition coefficient (Wildman–Crippen LogP) is 2.07. The molecule has 0 saturated heterocycles. The fraction of sp³-hybridized carbons (Fsp3) is 0.545. The molecule has 0 aliphatic carbocycles. The summed E-state index contributed by atoms with van der Waals surface area (Å²) in [5, 5.41) is 8.15. The van der Waals surface area contributed by atoms with E-state index in [0.29, 0.717) is 0 Å². The molecule has 4 heteroatoms. The number of aromatic nitrogens is 3. The van der Waals surface area contributed by atoms with E-state index in [0.717, 1.165) is 24.2 Å². The van der Waals surface area contributed by atoms with Crippen LogP contribution in [0.2, 0.25) is 0 Å². The van der Waals surface area contributed by atoms with E-state index in [1.54, 1.807) is 0 Å². The topological polar surface area (TPSA) is 43.1 Å². The molecule has 80 valence electrons. The number of aliphatic imine (C=N–C) groups is 1. The van der Waals surface area contributed by atoms with Crippen molar-refractivity contribution in [2.75, 3.05) is 0 Å². The van der Waals surface area contributed by atoms with Gasteiger partial charge < -0.3 is 0 Å². The Bertz CT molecular complexity index is 416.